The van der Waals surface area contributed by atoms with Crippen LogP contribution in [0.15, 0.2) is 52.2 Å². The highest BCUT2D eigenvalue weighted by molar-refractivity contribution is 7.89. The van der Waals surface area contributed by atoms with Crippen LogP contribution in [-0.2, 0) is 10.0 Å². The maximum absolute atomic E-state index is 13.0. The van der Waals surface area contributed by atoms with Crippen LogP contribution < -0.4 is 5.56 Å². The molecule has 166 valence electrons. The van der Waals surface area contributed by atoms with E-state index in [0.717, 1.165) is 37.1 Å². The van der Waals surface area contributed by atoms with Gasteiger partial charge in [-0.3, -0.25) is 4.79 Å². The second kappa shape index (κ2) is 9.28. The highest BCUT2D eigenvalue weighted by atomic mass is 35.5. The highest BCUT2D eigenvalue weighted by Gasteiger charge is 2.27. The molecule has 0 bridgehead atoms. The lowest BCUT2D eigenvalue weighted by Crippen LogP contribution is -2.46. The van der Waals surface area contributed by atoms with Gasteiger partial charge >= 0.3 is 0 Å². The first-order valence-electron chi connectivity index (χ1n) is 10.7. The Hall–Kier alpha value is -1.93. The van der Waals surface area contributed by atoms with Crippen LogP contribution in [0.1, 0.15) is 36.9 Å². The number of nitrogens with one attached hydrogen (secondary N) is 1. The summed E-state index contributed by atoms with van der Waals surface area (Å²) in [6, 6.07) is 10.4. The monoisotopic (exact) mass is 461 g/mol. The Balaban J connectivity index is 1.66. The van der Waals surface area contributed by atoms with E-state index in [2.05, 4.69) is 16.0 Å². The minimum Gasteiger partial charge on any atom is -0.321 e. The number of aromatic amines is 1. The van der Waals surface area contributed by atoms with Gasteiger partial charge in [0.2, 0.25) is 10.0 Å². The molecule has 8 heteroatoms. The summed E-state index contributed by atoms with van der Waals surface area (Å²) in [7, 11) is -1.52. The molecular weight excluding hydrogens is 434 g/mol. The van der Waals surface area contributed by atoms with E-state index in [1.54, 1.807) is 28.6 Å². The highest BCUT2D eigenvalue weighted by Crippen LogP contribution is 2.32. The molecule has 2 heterocycles. The molecule has 1 aliphatic heterocycles. The molecule has 2 fully saturated rings. The van der Waals surface area contributed by atoms with E-state index in [1.165, 1.54) is 12.8 Å². The third-order valence-corrected chi connectivity index (χ3v) is 8.43. The number of sulfonamides is 1. The number of benzene rings is 1. The summed E-state index contributed by atoms with van der Waals surface area (Å²) in [6.45, 7) is 2.46. The van der Waals surface area contributed by atoms with Crippen molar-refractivity contribution in [1.82, 2.24) is 14.2 Å². The lowest BCUT2D eigenvalue weighted by atomic mass is 9.96. The number of hydrogen-bond donors (Lipinski definition) is 1. The Bertz CT molecular complexity index is 1110. The van der Waals surface area contributed by atoms with Crippen LogP contribution in [0.2, 0.25) is 5.02 Å². The van der Waals surface area contributed by atoms with E-state index < -0.39 is 10.0 Å². The van der Waals surface area contributed by atoms with Gasteiger partial charge in [0.05, 0.1) is 4.90 Å². The fourth-order valence-electron chi connectivity index (χ4n) is 4.30. The summed E-state index contributed by atoms with van der Waals surface area (Å²) in [5.74, 6) is 0.447. The van der Waals surface area contributed by atoms with Gasteiger partial charge in [-0.1, -0.05) is 42.7 Å². The Kier molecular flexibility index (Phi) is 6.67. The van der Waals surface area contributed by atoms with Gasteiger partial charge in [-0.25, -0.2) is 8.42 Å². The van der Waals surface area contributed by atoms with Crippen LogP contribution in [0.5, 0.6) is 0 Å². The van der Waals surface area contributed by atoms with E-state index in [-0.39, 0.29) is 10.6 Å². The van der Waals surface area contributed by atoms with E-state index in [0.29, 0.717) is 29.6 Å². The van der Waals surface area contributed by atoms with Gasteiger partial charge in [-0.15, -0.1) is 0 Å². The molecule has 6 nitrogen and oxygen atoms in total. The van der Waals surface area contributed by atoms with Crippen LogP contribution in [-0.4, -0.2) is 55.8 Å². The first-order chi connectivity index (χ1) is 14.8. The Labute approximate surface area is 188 Å². The number of hydrogen-bond acceptors (Lipinski definition) is 4. The zero-order valence-corrected chi connectivity index (χ0v) is 19.3. The zero-order valence-electron chi connectivity index (χ0n) is 17.7. The third kappa shape index (κ3) is 4.95. The van der Waals surface area contributed by atoms with Crippen molar-refractivity contribution in [1.29, 1.82) is 0 Å². The second-order valence-electron chi connectivity index (χ2n) is 8.41. The standard InChI is InChI=1S/C23H28ClN3O3S/c1-26-12-14-27(15-13-26)31(29,30)19-8-6-18(7-9-19)20(16-17-4-2-3-5-17)22-11-10-21(24)23(28)25-22/h6-11,16-17H,2-5,12-15H2,1H3,(H,25,28)/b20-16+. The molecule has 0 radical (unpaired) electrons. The lowest BCUT2D eigenvalue weighted by Gasteiger charge is -2.31. The zero-order chi connectivity index (χ0) is 22.0. The molecule has 4 rings (SSSR count). The number of allylic oxidation sites excluding steroid dienone is 1. The van der Waals surface area contributed by atoms with Gasteiger partial charge in [0.25, 0.3) is 5.56 Å². The van der Waals surface area contributed by atoms with Crippen molar-refractivity contribution in [3.05, 3.63) is 69.1 Å². The van der Waals surface area contributed by atoms with Crippen molar-refractivity contribution < 1.29 is 8.42 Å². The van der Waals surface area contributed by atoms with Crippen molar-refractivity contribution in [3.8, 4) is 0 Å². The number of rotatable bonds is 5. The minimum absolute atomic E-state index is 0.151. The van der Waals surface area contributed by atoms with Crippen LogP contribution in [0.25, 0.3) is 5.57 Å². The molecule has 1 saturated carbocycles. The summed E-state index contributed by atoms with van der Waals surface area (Å²) in [6.07, 6.45) is 6.85. The van der Waals surface area contributed by atoms with Gasteiger partial charge in [-0.2, -0.15) is 4.31 Å². The van der Waals surface area contributed by atoms with Crippen LogP contribution in [0.3, 0.4) is 0 Å². The first-order valence-corrected chi connectivity index (χ1v) is 12.6. The van der Waals surface area contributed by atoms with E-state index in [4.69, 9.17) is 11.6 Å². The first kappa shape index (κ1) is 22.3. The van der Waals surface area contributed by atoms with Gasteiger partial charge in [0, 0.05) is 37.4 Å². The Morgan fingerprint density at radius 3 is 2.29 bits per heavy atom. The molecule has 1 saturated heterocycles. The van der Waals surface area contributed by atoms with Crippen LogP contribution >= 0.6 is 11.6 Å². The number of H-pyrrole nitrogens is 1. The molecule has 31 heavy (non-hydrogen) atoms. The van der Waals surface area contributed by atoms with Crippen molar-refractivity contribution >= 4 is 27.2 Å². The van der Waals surface area contributed by atoms with Crippen LogP contribution in [0.4, 0.5) is 0 Å². The summed E-state index contributed by atoms with van der Waals surface area (Å²) >= 11 is 5.92. The van der Waals surface area contributed by atoms with Gasteiger partial charge in [0.15, 0.2) is 0 Å². The van der Waals surface area contributed by atoms with E-state index in [9.17, 15) is 13.2 Å². The van der Waals surface area contributed by atoms with Crippen LogP contribution in [0, 0.1) is 5.92 Å². The molecule has 2 aromatic rings. The molecule has 0 amide bonds. The largest absolute Gasteiger partial charge is 0.321 e. The minimum atomic E-state index is -3.52. The number of nitrogens with zero attached hydrogens (tertiary/aromatic N) is 2. The Morgan fingerprint density at radius 2 is 1.68 bits per heavy atom. The SMILES string of the molecule is CN1CCN(S(=O)(=O)c2ccc(/C(=C\C3CCCC3)c3ccc(Cl)c(=O)[nH]3)cc2)CC1. The average molecular weight is 462 g/mol. The number of aromatic nitrogens is 1. The molecule has 1 aromatic carbocycles. The average Bonchev–Trinajstić information content (AvgIpc) is 3.28. The molecule has 0 spiro atoms. The number of halogens is 1. The fourth-order valence-corrected chi connectivity index (χ4v) is 5.83. The number of pyridine rings is 1. The smallest absolute Gasteiger partial charge is 0.267 e. The van der Waals surface area contributed by atoms with Crippen molar-refractivity contribution in [2.45, 2.75) is 30.6 Å². The molecule has 2 aliphatic rings. The lowest BCUT2D eigenvalue weighted by molar-refractivity contribution is 0.222. The topological polar surface area (TPSA) is 73.5 Å². The third-order valence-electron chi connectivity index (χ3n) is 6.22. The fraction of sp³-hybridized carbons (Fsp3) is 0.435. The normalized spacial score (nSPS) is 19.7. The summed E-state index contributed by atoms with van der Waals surface area (Å²) < 4.78 is 27.6. The van der Waals surface area contributed by atoms with Crippen molar-refractivity contribution in [2.24, 2.45) is 5.92 Å². The van der Waals surface area contributed by atoms with Gasteiger partial charge in [-0.05, 0) is 55.6 Å². The number of likely N-dealkylation sites (N-methyl/N-ethyl adjacent to an activating group) is 1. The number of piperazine rings is 1. The molecule has 1 aromatic heterocycles. The summed E-state index contributed by atoms with van der Waals surface area (Å²) in [5.41, 5.74) is 2.15. The summed E-state index contributed by atoms with van der Waals surface area (Å²) in [4.78, 5) is 17.4. The van der Waals surface area contributed by atoms with Crippen molar-refractivity contribution in [2.75, 3.05) is 33.2 Å². The molecule has 0 atom stereocenters. The molecular formula is C23H28ClN3O3S. The molecule has 1 aliphatic carbocycles. The maximum Gasteiger partial charge on any atom is 0.267 e. The summed E-state index contributed by atoms with van der Waals surface area (Å²) in [5, 5.41) is 0.151. The van der Waals surface area contributed by atoms with Gasteiger partial charge < -0.3 is 9.88 Å². The quantitative estimate of drug-likeness (QED) is 0.738. The molecule has 1 N–H and O–H groups in total. The van der Waals surface area contributed by atoms with Crippen molar-refractivity contribution in [3.63, 3.8) is 0 Å². The predicted molar refractivity (Wildman–Crippen MR) is 124 cm³/mol. The van der Waals surface area contributed by atoms with Gasteiger partial charge in [0.1, 0.15) is 5.02 Å². The Morgan fingerprint density at radius 1 is 1.03 bits per heavy atom. The molecule has 0 unspecified atom stereocenters. The van der Waals surface area contributed by atoms with E-state index in [1.807, 2.05) is 19.2 Å². The van der Waals surface area contributed by atoms with E-state index >= 15 is 0 Å². The second-order valence-corrected chi connectivity index (χ2v) is 10.8. The predicted octanol–water partition coefficient (Wildman–Crippen LogP) is 3.59. The maximum atomic E-state index is 13.0.